The molecule has 0 unspecified atom stereocenters. The molecule has 0 aliphatic heterocycles. The van der Waals surface area contributed by atoms with E-state index in [2.05, 4.69) is 53.0 Å². The minimum absolute atomic E-state index is 0.782. The molecular weight excluding hydrogens is 310 g/mol. The number of nitrogens with zero attached hydrogens (tertiary/aromatic N) is 3. The van der Waals surface area contributed by atoms with Crippen molar-refractivity contribution in [3.05, 3.63) is 60.3 Å². The Balaban J connectivity index is 1.90. The average Bonchev–Trinajstić information content (AvgIpc) is 2.67. The van der Waals surface area contributed by atoms with Crippen LogP contribution in [0.4, 0.5) is 11.4 Å². The second kappa shape index (κ2) is 7.79. The summed E-state index contributed by atoms with van der Waals surface area (Å²) in [6, 6.07) is 16.3. The minimum Gasteiger partial charge on any atom is -0.497 e. The first-order valence-electron chi connectivity index (χ1n) is 8.57. The van der Waals surface area contributed by atoms with E-state index in [1.165, 1.54) is 5.69 Å². The molecule has 0 saturated heterocycles. The average molecular weight is 333 g/mol. The quantitative estimate of drug-likeness (QED) is 0.606. The van der Waals surface area contributed by atoms with Gasteiger partial charge in [-0.3, -0.25) is 9.98 Å². The lowest BCUT2D eigenvalue weighted by Crippen LogP contribution is -2.21. The van der Waals surface area contributed by atoms with Gasteiger partial charge in [-0.15, -0.1) is 0 Å². The van der Waals surface area contributed by atoms with Gasteiger partial charge in [-0.1, -0.05) is 18.2 Å². The van der Waals surface area contributed by atoms with E-state index in [9.17, 15) is 0 Å². The van der Waals surface area contributed by atoms with Crippen LogP contribution in [0.25, 0.3) is 10.9 Å². The predicted octanol–water partition coefficient (Wildman–Crippen LogP) is 4.84. The summed E-state index contributed by atoms with van der Waals surface area (Å²) >= 11 is 0. The second-order valence-corrected chi connectivity index (χ2v) is 5.74. The second-order valence-electron chi connectivity index (χ2n) is 5.74. The highest BCUT2D eigenvalue weighted by Crippen LogP contribution is 2.29. The van der Waals surface area contributed by atoms with Crippen molar-refractivity contribution in [2.45, 2.75) is 13.8 Å². The van der Waals surface area contributed by atoms with Crippen LogP contribution >= 0.6 is 0 Å². The van der Waals surface area contributed by atoms with Gasteiger partial charge >= 0.3 is 0 Å². The van der Waals surface area contributed by atoms with Gasteiger partial charge in [0.25, 0.3) is 0 Å². The normalized spacial score (nSPS) is 11.2. The Labute approximate surface area is 148 Å². The summed E-state index contributed by atoms with van der Waals surface area (Å²) in [6.45, 7) is 6.34. The lowest BCUT2D eigenvalue weighted by atomic mass is 10.1. The molecule has 0 aliphatic rings. The Bertz CT molecular complexity index is 868. The number of methoxy groups -OCH3 is 1. The Morgan fingerprint density at radius 2 is 1.84 bits per heavy atom. The van der Waals surface area contributed by atoms with Crippen LogP contribution < -0.4 is 9.64 Å². The van der Waals surface area contributed by atoms with E-state index in [0.717, 1.165) is 41.0 Å². The fourth-order valence-corrected chi connectivity index (χ4v) is 2.87. The Hall–Kier alpha value is -2.88. The zero-order valence-corrected chi connectivity index (χ0v) is 14.9. The van der Waals surface area contributed by atoms with E-state index in [-0.39, 0.29) is 0 Å². The molecule has 0 N–H and O–H groups in total. The monoisotopic (exact) mass is 333 g/mol. The standard InChI is InChI=1S/C21H23N3O/c1-4-24(5-2)18-10-8-16(9-11-18)15-23-20-14-19(25-3)13-17-7-6-12-22-21(17)20/h6-15H,4-5H2,1-3H3. The summed E-state index contributed by atoms with van der Waals surface area (Å²) in [5.41, 5.74) is 3.97. The summed E-state index contributed by atoms with van der Waals surface area (Å²) in [4.78, 5) is 11.4. The summed E-state index contributed by atoms with van der Waals surface area (Å²) in [5, 5.41) is 1.02. The number of aromatic nitrogens is 1. The van der Waals surface area contributed by atoms with Crippen molar-refractivity contribution in [2.24, 2.45) is 4.99 Å². The molecule has 0 fully saturated rings. The maximum atomic E-state index is 5.37. The third kappa shape index (κ3) is 3.79. The molecule has 128 valence electrons. The van der Waals surface area contributed by atoms with E-state index < -0.39 is 0 Å². The van der Waals surface area contributed by atoms with Crippen molar-refractivity contribution in [1.82, 2.24) is 4.98 Å². The maximum absolute atomic E-state index is 5.37. The Kier molecular flexibility index (Phi) is 5.29. The first-order valence-corrected chi connectivity index (χ1v) is 8.57. The number of fused-ring (bicyclic) bond motifs is 1. The van der Waals surface area contributed by atoms with Crippen LogP contribution in [0.5, 0.6) is 5.75 Å². The number of anilines is 1. The molecule has 0 saturated carbocycles. The molecule has 0 atom stereocenters. The highest BCUT2D eigenvalue weighted by molar-refractivity contribution is 5.93. The van der Waals surface area contributed by atoms with Gasteiger partial charge < -0.3 is 9.64 Å². The molecule has 0 radical (unpaired) electrons. The molecule has 0 aliphatic carbocycles. The van der Waals surface area contributed by atoms with Crippen LogP contribution in [-0.4, -0.2) is 31.4 Å². The first kappa shape index (κ1) is 17.0. The lowest BCUT2D eigenvalue weighted by Gasteiger charge is -2.20. The van der Waals surface area contributed by atoms with E-state index in [1.54, 1.807) is 13.3 Å². The summed E-state index contributed by atoms with van der Waals surface area (Å²) in [5.74, 6) is 0.782. The van der Waals surface area contributed by atoms with Crippen LogP contribution in [-0.2, 0) is 0 Å². The molecular formula is C21H23N3O. The van der Waals surface area contributed by atoms with Gasteiger partial charge in [-0.25, -0.2) is 0 Å². The van der Waals surface area contributed by atoms with Crippen molar-refractivity contribution in [2.75, 3.05) is 25.1 Å². The largest absolute Gasteiger partial charge is 0.497 e. The predicted molar refractivity (Wildman–Crippen MR) is 106 cm³/mol. The third-order valence-electron chi connectivity index (χ3n) is 4.27. The van der Waals surface area contributed by atoms with E-state index >= 15 is 0 Å². The van der Waals surface area contributed by atoms with Gasteiger partial charge in [0.15, 0.2) is 0 Å². The van der Waals surface area contributed by atoms with Crippen LogP contribution in [0.15, 0.2) is 59.7 Å². The third-order valence-corrected chi connectivity index (χ3v) is 4.27. The van der Waals surface area contributed by atoms with Crippen LogP contribution in [0.3, 0.4) is 0 Å². The molecule has 3 aromatic rings. The molecule has 0 amide bonds. The zero-order chi connectivity index (χ0) is 17.6. The molecule has 3 rings (SSSR count). The topological polar surface area (TPSA) is 37.7 Å². The summed E-state index contributed by atoms with van der Waals surface area (Å²) < 4.78 is 5.37. The fourth-order valence-electron chi connectivity index (χ4n) is 2.87. The van der Waals surface area contributed by atoms with Crippen molar-refractivity contribution in [1.29, 1.82) is 0 Å². The van der Waals surface area contributed by atoms with Crippen LogP contribution in [0.1, 0.15) is 19.4 Å². The fraction of sp³-hybridized carbons (Fsp3) is 0.238. The van der Waals surface area contributed by atoms with E-state index in [0.29, 0.717) is 0 Å². The van der Waals surface area contributed by atoms with Crippen molar-refractivity contribution >= 4 is 28.5 Å². The van der Waals surface area contributed by atoms with Crippen LogP contribution in [0, 0.1) is 0 Å². The van der Waals surface area contributed by atoms with Crippen molar-refractivity contribution in [3.8, 4) is 5.75 Å². The maximum Gasteiger partial charge on any atom is 0.121 e. The summed E-state index contributed by atoms with van der Waals surface area (Å²) in [7, 11) is 1.66. The van der Waals surface area contributed by atoms with E-state index in [4.69, 9.17) is 4.74 Å². The number of hydrogen-bond acceptors (Lipinski definition) is 4. The molecule has 25 heavy (non-hydrogen) atoms. The SMILES string of the molecule is CCN(CC)c1ccc(C=Nc2cc(OC)cc3cccnc23)cc1. The smallest absolute Gasteiger partial charge is 0.121 e. The number of hydrogen-bond donors (Lipinski definition) is 0. The van der Waals surface area contributed by atoms with Gasteiger partial charge in [0, 0.05) is 42.6 Å². The molecule has 1 aromatic heterocycles. The molecule has 0 spiro atoms. The van der Waals surface area contributed by atoms with Gasteiger partial charge in [0.2, 0.25) is 0 Å². The highest BCUT2D eigenvalue weighted by Gasteiger charge is 2.05. The number of aliphatic imine (C=N–C) groups is 1. The van der Waals surface area contributed by atoms with Crippen LogP contribution in [0.2, 0.25) is 0 Å². The van der Waals surface area contributed by atoms with Gasteiger partial charge in [-0.2, -0.15) is 0 Å². The number of pyridine rings is 1. The molecule has 1 heterocycles. The van der Waals surface area contributed by atoms with Crippen molar-refractivity contribution in [3.63, 3.8) is 0 Å². The van der Waals surface area contributed by atoms with Gasteiger partial charge in [0.05, 0.1) is 18.3 Å². The molecule has 0 bridgehead atoms. The highest BCUT2D eigenvalue weighted by atomic mass is 16.5. The first-order chi connectivity index (χ1) is 12.2. The Morgan fingerprint density at radius 1 is 1.08 bits per heavy atom. The minimum atomic E-state index is 0.782. The molecule has 2 aromatic carbocycles. The molecule has 4 nitrogen and oxygen atoms in total. The number of benzene rings is 2. The van der Waals surface area contributed by atoms with Gasteiger partial charge in [0.1, 0.15) is 5.75 Å². The lowest BCUT2D eigenvalue weighted by molar-refractivity contribution is 0.415. The Morgan fingerprint density at radius 3 is 2.52 bits per heavy atom. The van der Waals surface area contributed by atoms with Crippen molar-refractivity contribution < 1.29 is 4.74 Å². The number of ether oxygens (including phenoxy) is 1. The van der Waals surface area contributed by atoms with E-state index in [1.807, 2.05) is 30.5 Å². The summed E-state index contributed by atoms with van der Waals surface area (Å²) in [6.07, 6.45) is 3.65. The number of rotatable bonds is 6. The molecule has 4 heteroatoms. The van der Waals surface area contributed by atoms with Gasteiger partial charge in [-0.05, 0) is 43.7 Å². The zero-order valence-electron chi connectivity index (χ0n) is 14.9.